The Morgan fingerprint density at radius 1 is 1.10 bits per heavy atom. The van der Waals surface area contributed by atoms with Gasteiger partial charge >= 0.3 is 0 Å². The predicted molar refractivity (Wildman–Crippen MR) is 111 cm³/mol. The number of nitrogens with zero attached hydrogens (tertiary/aromatic N) is 2. The molecule has 0 aliphatic heterocycles. The monoisotopic (exact) mass is 407 g/mol. The van der Waals surface area contributed by atoms with Crippen LogP contribution in [0.15, 0.2) is 69.5 Å². The average Bonchev–Trinajstić information content (AvgIpc) is 3.25. The molecule has 0 radical (unpaired) electrons. The second-order valence-corrected chi connectivity index (χ2v) is 6.87. The summed E-state index contributed by atoms with van der Waals surface area (Å²) in [6.07, 6.45) is 1.62. The first kappa shape index (κ1) is 18.7. The van der Waals surface area contributed by atoms with E-state index in [1.807, 2.05) is 24.3 Å². The summed E-state index contributed by atoms with van der Waals surface area (Å²) in [5.74, 6) is 0.804. The van der Waals surface area contributed by atoms with Crippen molar-refractivity contribution in [1.29, 1.82) is 0 Å². The zero-order chi connectivity index (χ0) is 20.2. The van der Waals surface area contributed by atoms with Crippen molar-refractivity contribution in [3.05, 3.63) is 71.2 Å². The molecule has 0 bridgehead atoms. The standard InChI is InChI=1S/C21H17N3O4S/c1-26-15-10-14(11-16(12-15)27-2)23-20-17(19(25)24-21-22-7-8-29-21)9-13-5-3-4-6-18(13)28-20/h3-12H,1-2H3,(H,22,24,25). The van der Waals surface area contributed by atoms with E-state index in [1.165, 1.54) is 11.3 Å². The van der Waals surface area contributed by atoms with Crippen LogP contribution in [0, 0.1) is 0 Å². The first-order valence-electron chi connectivity index (χ1n) is 8.68. The minimum Gasteiger partial charge on any atom is -0.497 e. The van der Waals surface area contributed by atoms with Crippen LogP contribution in [0.25, 0.3) is 11.0 Å². The summed E-state index contributed by atoms with van der Waals surface area (Å²) in [7, 11) is 3.12. The fraction of sp³-hybridized carbons (Fsp3) is 0.0952. The summed E-state index contributed by atoms with van der Waals surface area (Å²) >= 11 is 1.33. The number of para-hydroxylation sites is 1. The van der Waals surface area contributed by atoms with Crippen molar-refractivity contribution in [2.45, 2.75) is 0 Å². The topological polar surface area (TPSA) is 86.0 Å². The summed E-state index contributed by atoms with van der Waals surface area (Å²) < 4.78 is 16.6. The molecule has 0 aliphatic carbocycles. The molecule has 0 fully saturated rings. The number of nitrogens with one attached hydrogen (secondary N) is 1. The minimum absolute atomic E-state index is 0.174. The zero-order valence-corrected chi connectivity index (χ0v) is 16.5. The Labute approximate surface area is 170 Å². The summed E-state index contributed by atoms with van der Waals surface area (Å²) in [5.41, 5.74) is 1.61. The van der Waals surface area contributed by atoms with Crippen molar-refractivity contribution < 1.29 is 18.7 Å². The molecule has 1 N–H and O–H groups in total. The van der Waals surface area contributed by atoms with Crippen LogP contribution in [0.5, 0.6) is 11.5 Å². The number of aromatic nitrogens is 1. The smallest absolute Gasteiger partial charge is 0.262 e. The van der Waals surface area contributed by atoms with E-state index in [9.17, 15) is 4.79 Å². The molecule has 7 nitrogen and oxygen atoms in total. The SMILES string of the molecule is COc1cc(N=c2oc3ccccc3cc2C(=O)Nc2nccs2)cc(OC)c1. The Bertz CT molecular complexity index is 1210. The third-order valence-electron chi connectivity index (χ3n) is 4.12. The van der Waals surface area contributed by atoms with Gasteiger partial charge < -0.3 is 13.9 Å². The van der Waals surface area contributed by atoms with Crippen LogP contribution >= 0.6 is 11.3 Å². The second-order valence-electron chi connectivity index (χ2n) is 5.98. The third-order valence-corrected chi connectivity index (χ3v) is 4.81. The van der Waals surface area contributed by atoms with E-state index in [0.717, 1.165) is 5.39 Å². The van der Waals surface area contributed by atoms with E-state index < -0.39 is 0 Å². The van der Waals surface area contributed by atoms with Crippen molar-refractivity contribution >= 4 is 39.0 Å². The maximum atomic E-state index is 12.9. The highest BCUT2D eigenvalue weighted by molar-refractivity contribution is 7.13. The summed E-state index contributed by atoms with van der Waals surface area (Å²) in [4.78, 5) is 21.5. The number of carbonyl (C=O) groups is 1. The number of anilines is 1. The maximum Gasteiger partial charge on any atom is 0.262 e. The van der Waals surface area contributed by atoms with E-state index in [0.29, 0.717) is 33.5 Å². The lowest BCUT2D eigenvalue weighted by molar-refractivity contribution is 0.102. The van der Waals surface area contributed by atoms with Gasteiger partial charge in [-0.2, -0.15) is 0 Å². The number of thiazole rings is 1. The van der Waals surface area contributed by atoms with Gasteiger partial charge in [-0.1, -0.05) is 18.2 Å². The molecule has 0 saturated heterocycles. The quantitative estimate of drug-likeness (QED) is 0.530. The molecule has 0 spiro atoms. The Hall–Kier alpha value is -3.65. The molecular weight excluding hydrogens is 390 g/mol. The summed E-state index contributed by atoms with van der Waals surface area (Å²) in [6.45, 7) is 0. The molecule has 146 valence electrons. The summed E-state index contributed by atoms with van der Waals surface area (Å²) in [6, 6.07) is 14.4. The van der Waals surface area contributed by atoms with Gasteiger partial charge in [0.05, 0.1) is 19.9 Å². The van der Waals surface area contributed by atoms with Crippen molar-refractivity contribution in [3.8, 4) is 11.5 Å². The molecule has 29 heavy (non-hydrogen) atoms. The maximum absolute atomic E-state index is 12.9. The van der Waals surface area contributed by atoms with Crippen LogP contribution in [-0.2, 0) is 0 Å². The Morgan fingerprint density at radius 3 is 2.55 bits per heavy atom. The van der Waals surface area contributed by atoms with Gasteiger partial charge in [0.2, 0.25) is 5.55 Å². The van der Waals surface area contributed by atoms with Gasteiger partial charge in [-0.15, -0.1) is 11.3 Å². The fourth-order valence-corrected chi connectivity index (χ4v) is 3.26. The molecule has 0 atom stereocenters. The van der Waals surface area contributed by atoms with Gasteiger partial charge in [0.25, 0.3) is 5.91 Å². The highest BCUT2D eigenvalue weighted by Crippen LogP contribution is 2.27. The molecule has 4 aromatic rings. The summed E-state index contributed by atoms with van der Waals surface area (Å²) in [5, 5.41) is 5.85. The van der Waals surface area contributed by atoms with Crippen LogP contribution < -0.4 is 20.3 Å². The Kier molecular flexibility index (Phi) is 5.26. The van der Waals surface area contributed by atoms with Crippen molar-refractivity contribution in [2.75, 3.05) is 19.5 Å². The zero-order valence-electron chi connectivity index (χ0n) is 15.7. The highest BCUT2D eigenvalue weighted by Gasteiger charge is 2.14. The van der Waals surface area contributed by atoms with E-state index in [1.54, 1.807) is 50.1 Å². The third kappa shape index (κ3) is 4.12. The first-order chi connectivity index (χ1) is 14.2. The number of hydrogen-bond donors (Lipinski definition) is 1. The van der Waals surface area contributed by atoms with Gasteiger partial charge in [0.1, 0.15) is 22.6 Å². The largest absolute Gasteiger partial charge is 0.497 e. The van der Waals surface area contributed by atoms with Gasteiger partial charge in [-0.05, 0) is 12.1 Å². The average molecular weight is 407 g/mol. The lowest BCUT2D eigenvalue weighted by Crippen LogP contribution is -2.21. The number of carbonyl (C=O) groups excluding carboxylic acids is 1. The van der Waals surface area contributed by atoms with E-state index in [2.05, 4.69) is 15.3 Å². The first-order valence-corrected chi connectivity index (χ1v) is 9.56. The molecule has 0 unspecified atom stereocenters. The Balaban J connectivity index is 1.88. The normalized spacial score (nSPS) is 11.4. The Morgan fingerprint density at radius 2 is 1.86 bits per heavy atom. The van der Waals surface area contributed by atoms with Gasteiger partial charge in [-0.25, -0.2) is 9.98 Å². The number of fused-ring (bicyclic) bond motifs is 1. The van der Waals surface area contributed by atoms with Crippen LogP contribution in [0.1, 0.15) is 10.4 Å². The number of benzene rings is 2. The van der Waals surface area contributed by atoms with Gasteiger partial charge in [0, 0.05) is 35.2 Å². The van der Waals surface area contributed by atoms with Crippen LogP contribution in [0.3, 0.4) is 0 Å². The van der Waals surface area contributed by atoms with Crippen molar-refractivity contribution in [3.63, 3.8) is 0 Å². The van der Waals surface area contributed by atoms with Crippen molar-refractivity contribution in [1.82, 2.24) is 4.98 Å². The number of methoxy groups -OCH3 is 2. The van der Waals surface area contributed by atoms with Crippen LogP contribution in [0.4, 0.5) is 10.8 Å². The number of ether oxygens (including phenoxy) is 2. The predicted octanol–water partition coefficient (Wildman–Crippen LogP) is 4.39. The van der Waals surface area contributed by atoms with Crippen molar-refractivity contribution in [2.24, 2.45) is 4.99 Å². The second kappa shape index (κ2) is 8.15. The van der Waals surface area contributed by atoms with E-state index in [-0.39, 0.29) is 11.5 Å². The number of amides is 1. The number of rotatable bonds is 5. The molecule has 1 amide bonds. The van der Waals surface area contributed by atoms with Crippen LogP contribution in [-0.4, -0.2) is 25.1 Å². The molecule has 2 aromatic carbocycles. The molecule has 4 rings (SSSR count). The lowest BCUT2D eigenvalue weighted by Gasteiger charge is -2.07. The molecular formula is C21H17N3O4S. The molecule has 8 heteroatoms. The van der Waals surface area contributed by atoms with Gasteiger partial charge in [-0.3, -0.25) is 10.1 Å². The molecule has 0 aliphatic rings. The lowest BCUT2D eigenvalue weighted by atomic mass is 10.1. The molecule has 2 heterocycles. The highest BCUT2D eigenvalue weighted by atomic mass is 32.1. The molecule has 0 saturated carbocycles. The van der Waals surface area contributed by atoms with Gasteiger partial charge in [0.15, 0.2) is 5.13 Å². The molecule has 2 aromatic heterocycles. The fourth-order valence-electron chi connectivity index (χ4n) is 2.74. The van der Waals surface area contributed by atoms with E-state index >= 15 is 0 Å². The minimum atomic E-state index is -0.358. The van der Waals surface area contributed by atoms with Crippen LogP contribution in [0.2, 0.25) is 0 Å². The number of hydrogen-bond acceptors (Lipinski definition) is 7. The van der Waals surface area contributed by atoms with E-state index in [4.69, 9.17) is 13.9 Å².